The number of sulfonamides is 1. The van der Waals surface area contributed by atoms with Gasteiger partial charge in [-0.1, -0.05) is 18.2 Å². The summed E-state index contributed by atoms with van der Waals surface area (Å²) in [6, 6.07) is 7.59. The molecule has 0 bridgehead atoms. The van der Waals surface area contributed by atoms with Gasteiger partial charge in [-0.3, -0.25) is 9.30 Å². The van der Waals surface area contributed by atoms with Gasteiger partial charge in [0, 0.05) is 24.2 Å². The van der Waals surface area contributed by atoms with Crippen molar-refractivity contribution in [2.75, 3.05) is 19.9 Å². The average Bonchev–Trinajstić information content (AvgIpc) is 3.01. The van der Waals surface area contributed by atoms with Gasteiger partial charge in [0.25, 0.3) is 0 Å². The van der Waals surface area contributed by atoms with Gasteiger partial charge in [-0.05, 0) is 37.6 Å². The van der Waals surface area contributed by atoms with Crippen molar-refractivity contribution in [3.05, 3.63) is 47.2 Å². The molecule has 1 aromatic rings. The quantitative estimate of drug-likeness (QED) is 0.845. The van der Waals surface area contributed by atoms with Crippen LogP contribution in [0.25, 0.3) is 6.08 Å². The fraction of sp³-hybridized carbons (Fsp3) is 0.389. The second kappa shape index (κ2) is 5.77. The molecule has 0 aliphatic carbocycles. The second-order valence-electron chi connectivity index (χ2n) is 6.30. The Kier molecular flexibility index (Phi) is 4.03. The van der Waals surface area contributed by atoms with E-state index in [1.807, 2.05) is 50.3 Å². The minimum atomic E-state index is -3.37. The van der Waals surface area contributed by atoms with Crippen LogP contribution in [0.5, 0.6) is 5.75 Å². The fourth-order valence-electron chi connectivity index (χ4n) is 3.55. The Hall–Kier alpha value is -2.08. The smallest absolute Gasteiger partial charge is 0.232 e. The van der Waals surface area contributed by atoms with Gasteiger partial charge >= 0.3 is 0 Å². The molecule has 1 atom stereocenters. The zero-order chi connectivity index (χ0) is 17.5. The van der Waals surface area contributed by atoms with Crippen LogP contribution < -0.4 is 4.74 Å². The van der Waals surface area contributed by atoms with Crippen molar-refractivity contribution in [3.63, 3.8) is 0 Å². The van der Waals surface area contributed by atoms with Crippen molar-refractivity contribution in [1.82, 2.24) is 4.31 Å². The number of methoxy groups -OCH3 is 1. The molecular formula is C18H22N2O3S. The molecule has 3 rings (SSSR count). The van der Waals surface area contributed by atoms with Crippen molar-refractivity contribution in [3.8, 4) is 5.75 Å². The third kappa shape index (κ3) is 2.65. The number of para-hydroxylation sites is 1. The Morgan fingerprint density at radius 2 is 2.00 bits per heavy atom. The van der Waals surface area contributed by atoms with E-state index in [1.54, 1.807) is 7.11 Å². The van der Waals surface area contributed by atoms with E-state index in [2.05, 4.69) is 0 Å². The lowest BCUT2D eigenvalue weighted by Crippen LogP contribution is -2.32. The number of rotatable bonds is 3. The zero-order valence-corrected chi connectivity index (χ0v) is 15.2. The molecule has 2 aliphatic heterocycles. The van der Waals surface area contributed by atoms with Gasteiger partial charge in [0.15, 0.2) is 0 Å². The van der Waals surface area contributed by atoms with Gasteiger partial charge in [0.1, 0.15) is 11.3 Å². The molecule has 0 radical (unpaired) electrons. The standard InChI is InChI=1S/C18H22N2O3S/c1-13-11-14(2)19-18(13)9-10-20(24(4,21)22)17(18)12-15-7-5-6-8-16(15)23-3/h5-8,11-12H,9-10H2,1-4H3/b17-12+/t18-/m1/s1. The molecule has 0 unspecified atom stereocenters. The van der Waals surface area contributed by atoms with Crippen LogP contribution in [-0.4, -0.2) is 43.9 Å². The summed E-state index contributed by atoms with van der Waals surface area (Å²) < 4.78 is 31.5. The largest absolute Gasteiger partial charge is 0.496 e. The molecule has 5 nitrogen and oxygen atoms in total. The van der Waals surface area contributed by atoms with Gasteiger partial charge in [-0.25, -0.2) is 8.42 Å². The summed E-state index contributed by atoms with van der Waals surface area (Å²) in [4.78, 5) is 4.81. The highest BCUT2D eigenvalue weighted by molar-refractivity contribution is 7.88. The Balaban J connectivity index is 2.21. The number of hydrogen-bond acceptors (Lipinski definition) is 4. The topological polar surface area (TPSA) is 59.0 Å². The van der Waals surface area contributed by atoms with Crippen LogP contribution in [0.3, 0.4) is 0 Å². The first-order valence-electron chi connectivity index (χ1n) is 7.86. The van der Waals surface area contributed by atoms with Crippen molar-refractivity contribution >= 4 is 21.8 Å². The molecule has 128 valence electrons. The van der Waals surface area contributed by atoms with Gasteiger partial charge < -0.3 is 4.74 Å². The molecule has 24 heavy (non-hydrogen) atoms. The van der Waals surface area contributed by atoms with Crippen molar-refractivity contribution in [2.45, 2.75) is 25.8 Å². The highest BCUT2D eigenvalue weighted by atomic mass is 32.2. The molecule has 1 fully saturated rings. The Morgan fingerprint density at radius 3 is 2.58 bits per heavy atom. The summed E-state index contributed by atoms with van der Waals surface area (Å²) in [5.74, 6) is 0.709. The predicted octanol–water partition coefficient (Wildman–Crippen LogP) is 2.86. The predicted molar refractivity (Wildman–Crippen MR) is 96.7 cm³/mol. The van der Waals surface area contributed by atoms with Crippen LogP contribution in [0, 0.1) is 0 Å². The summed E-state index contributed by atoms with van der Waals surface area (Å²) in [5.41, 5.74) is 2.95. The highest BCUT2D eigenvalue weighted by Crippen LogP contribution is 2.46. The molecule has 0 saturated carbocycles. The van der Waals surface area contributed by atoms with Gasteiger partial charge in [-0.15, -0.1) is 0 Å². The molecular weight excluding hydrogens is 324 g/mol. The number of nitrogens with zero attached hydrogens (tertiary/aromatic N) is 2. The van der Waals surface area contributed by atoms with Crippen LogP contribution in [-0.2, 0) is 10.0 Å². The van der Waals surface area contributed by atoms with E-state index >= 15 is 0 Å². The summed E-state index contributed by atoms with van der Waals surface area (Å²) in [6.07, 6.45) is 5.82. The lowest BCUT2D eigenvalue weighted by Gasteiger charge is -2.27. The molecule has 0 amide bonds. The van der Waals surface area contributed by atoms with Crippen LogP contribution in [0.2, 0.25) is 0 Å². The number of allylic oxidation sites excluding steroid dienone is 1. The van der Waals surface area contributed by atoms with E-state index < -0.39 is 15.6 Å². The normalized spacial score (nSPS) is 25.3. The summed E-state index contributed by atoms with van der Waals surface area (Å²) >= 11 is 0. The maximum Gasteiger partial charge on any atom is 0.232 e. The fourth-order valence-corrected chi connectivity index (χ4v) is 4.54. The van der Waals surface area contributed by atoms with E-state index in [9.17, 15) is 8.42 Å². The molecule has 0 aromatic heterocycles. The first-order chi connectivity index (χ1) is 11.3. The van der Waals surface area contributed by atoms with Crippen molar-refractivity contribution < 1.29 is 13.2 Å². The molecule has 2 heterocycles. The SMILES string of the molecule is COc1ccccc1/C=C1/N(S(C)(=O)=O)CC[C@]12N=C(C)C=C2C. The Morgan fingerprint density at radius 1 is 1.29 bits per heavy atom. The van der Waals surface area contributed by atoms with Crippen LogP contribution in [0.4, 0.5) is 0 Å². The van der Waals surface area contributed by atoms with E-state index in [0.29, 0.717) is 24.4 Å². The molecule has 6 heteroatoms. The zero-order valence-electron chi connectivity index (χ0n) is 14.4. The van der Waals surface area contributed by atoms with Crippen molar-refractivity contribution in [2.24, 2.45) is 4.99 Å². The van der Waals surface area contributed by atoms with Gasteiger partial charge in [0.05, 0.1) is 19.1 Å². The first kappa shape index (κ1) is 16.8. The monoisotopic (exact) mass is 346 g/mol. The van der Waals surface area contributed by atoms with Crippen LogP contribution in [0.1, 0.15) is 25.8 Å². The maximum atomic E-state index is 12.3. The van der Waals surface area contributed by atoms with E-state index in [4.69, 9.17) is 9.73 Å². The lowest BCUT2D eigenvalue weighted by molar-refractivity contribution is 0.413. The van der Waals surface area contributed by atoms with Gasteiger partial charge in [0.2, 0.25) is 10.0 Å². The molecule has 1 saturated heterocycles. The maximum absolute atomic E-state index is 12.3. The molecule has 2 aliphatic rings. The number of benzene rings is 1. The van der Waals surface area contributed by atoms with E-state index in [-0.39, 0.29) is 0 Å². The number of aliphatic imine (C=N–C) groups is 1. The second-order valence-corrected chi connectivity index (χ2v) is 8.20. The van der Waals surface area contributed by atoms with Crippen molar-refractivity contribution in [1.29, 1.82) is 0 Å². The Labute approximate surface area is 143 Å². The first-order valence-corrected chi connectivity index (χ1v) is 9.71. The van der Waals surface area contributed by atoms with E-state index in [1.165, 1.54) is 10.6 Å². The highest BCUT2D eigenvalue weighted by Gasteiger charge is 2.48. The Bertz CT molecular complexity index is 868. The average molecular weight is 346 g/mol. The van der Waals surface area contributed by atoms with Crippen LogP contribution >= 0.6 is 0 Å². The minimum absolute atomic E-state index is 0.432. The minimum Gasteiger partial charge on any atom is -0.496 e. The third-order valence-electron chi connectivity index (χ3n) is 4.65. The third-order valence-corrected chi connectivity index (χ3v) is 5.83. The molecule has 1 spiro atoms. The molecule has 1 aromatic carbocycles. The van der Waals surface area contributed by atoms with Gasteiger partial charge in [-0.2, -0.15) is 0 Å². The summed E-state index contributed by atoms with van der Waals surface area (Å²) in [7, 11) is -1.76. The lowest BCUT2D eigenvalue weighted by atomic mass is 9.88. The van der Waals surface area contributed by atoms with E-state index in [0.717, 1.165) is 16.8 Å². The molecule has 0 N–H and O–H groups in total. The summed E-state index contributed by atoms with van der Waals surface area (Å²) in [5, 5.41) is 0. The van der Waals surface area contributed by atoms with Crippen LogP contribution in [0.15, 0.2) is 46.6 Å². The summed E-state index contributed by atoms with van der Waals surface area (Å²) in [6.45, 7) is 4.39. The number of ether oxygens (including phenoxy) is 1. The number of hydrogen-bond donors (Lipinski definition) is 0.